The quantitative estimate of drug-likeness (QED) is 0.215. The van der Waals surface area contributed by atoms with Crippen molar-refractivity contribution in [1.29, 1.82) is 0 Å². The van der Waals surface area contributed by atoms with Crippen LogP contribution in [0.2, 0.25) is 0 Å². The lowest BCUT2D eigenvalue weighted by Gasteiger charge is -2.14. The van der Waals surface area contributed by atoms with Gasteiger partial charge in [0.05, 0.1) is 4.92 Å². The Morgan fingerprint density at radius 3 is 2.13 bits per heavy atom. The van der Waals surface area contributed by atoms with Crippen molar-refractivity contribution in [2.24, 2.45) is 0 Å². The molecule has 0 saturated carbocycles. The lowest BCUT2D eigenvalue weighted by Crippen LogP contribution is -2.28. The largest absolute Gasteiger partial charge is 0.534 e. The van der Waals surface area contributed by atoms with Gasteiger partial charge in [0.15, 0.2) is 5.75 Å². The summed E-state index contributed by atoms with van der Waals surface area (Å²) >= 11 is 0. The molecule has 0 fully saturated rings. The molecule has 0 atom stereocenters. The zero-order chi connectivity index (χ0) is 22.6. The Hall–Kier alpha value is -3.60. The van der Waals surface area contributed by atoms with Crippen molar-refractivity contribution in [2.75, 3.05) is 0 Å². The highest BCUT2D eigenvalue weighted by molar-refractivity contribution is 7.88. The molecule has 3 aromatic rings. The molecular weight excluding hydrogens is 439 g/mol. The molecule has 0 aliphatic rings. The molecule has 0 unspecified atom stereocenters. The summed E-state index contributed by atoms with van der Waals surface area (Å²) in [6.07, 6.45) is 0. The monoisotopic (exact) mass is 453 g/mol. The minimum atomic E-state index is -6.02. The van der Waals surface area contributed by atoms with Gasteiger partial charge in [-0.2, -0.15) is 21.6 Å². The van der Waals surface area contributed by atoms with Crippen LogP contribution in [0.3, 0.4) is 0 Å². The number of nitro groups is 1. The van der Waals surface area contributed by atoms with Crippen LogP contribution in [0.1, 0.15) is 5.56 Å². The highest BCUT2D eigenvalue weighted by Gasteiger charge is 2.49. The topological polar surface area (TPSA) is 95.7 Å². The molecule has 0 spiro atoms. The first-order valence-electron chi connectivity index (χ1n) is 8.64. The standard InChI is InChI=1S/C20H14F3NO6S/c21-20(22,23)31(27,28)30-18-8-4-7-17(24(25)26)19(18)15-9-11-16(12-10-15)29-13-14-5-2-1-3-6-14/h1-12H,13H2. The van der Waals surface area contributed by atoms with Crippen molar-refractivity contribution in [1.82, 2.24) is 0 Å². The first kappa shape index (κ1) is 22.1. The number of alkyl halides is 3. The van der Waals surface area contributed by atoms with Crippen molar-refractivity contribution < 1.29 is 35.4 Å². The molecule has 0 aliphatic heterocycles. The molecule has 31 heavy (non-hydrogen) atoms. The van der Waals surface area contributed by atoms with Gasteiger partial charge in [0.25, 0.3) is 5.69 Å². The molecule has 0 bridgehead atoms. The van der Waals surface area contributed by atoms with Crippen LogP contribution in [0, 0.1) is 10.1 Å². The molecule has 0 amide bonds. The van der Waals surface area contributed by atoms with Crippen LogP contribution in [0.4, 0.5) is 18.9 Å². The molecule has 0 N–H and O–H groups in total. The number of hydrogen-bond donors (Lipinski definition) is 0. The van der Waals surface area contributed by atoms with Crippen molar-refractivity contribution in [3.05, 3.63) is 88.5 Å². The van der Waals surface area contributed by atoms with E-state index in [9.17, 15) is 31.7 Å². The zero-order valence-corrected chi connectivity index (χ0v) is 16.4. The maximum Gasteiger partial charge on any atom is 0.534 e. The van der Waals surface area contributed by atoms with E-state index >= 15 is 0 Å². The molecule has 0 saturated heterocycles. The number of nitrogens with zero attached hydrogens (tertiary/aromatic N) is 1. The number of hydrogen-bond acceptors (Lipinski definition) is 6. The van der Waals surface area contributed by atoms with Crippen LogP contribution in [-0.4, -0.2) is 18.8 Å². The fourth-order valence-corrected chi connectivity index (χ4v) is 3.13. The number of ether oxygens (including phenoxy) is 1. The Bertz CT molecular complexity index is 1180. The third-order valence-corrected chi connectivity index (χ3v) is 5.04. The summed E-state index contributed by atoms with van der Waals surface area (Å²) < 4.78 is 70.8. The van der Waals surface area contributed by atoms with E-state index in [1.165, 1.54) is 24.3 Å². The summed E-state index contributed by atoms with van der Waals surface area (Å²) in [5.74, 6) is -0.416. The Labute approximate surface area is 174 Å². The molecule has 3 rings (SSSR count). The Kier molecular flexibility index (Phi) is 6.16. The predicted octanol–water partition coefficient (Wildman–Crippen LogP) is 5.07. The van der Waals surface area contributed by atoms with Gasteiger partial charge in [-0.05, 0) is 29.3 Å². The molecule has 11 heteroatoms. The van der Waals surface area contributed by atoms with Crippen LogP contribution in [-0.2, 0) is 16.7 Å². The summed E-state index contributed by atoms with van der Waals surface area (Å²) in [4.78, 5) is 10.5. The van der Waals surface area contributed by atoms with Gasteiger partial charge < -0.3 is 8.92 Å². The van der Waals surface area contributed by atoms with E-state index in [1.807, 2.05) is 30.3 Å². The average Bonchev–Trinajstić information content (AvgIpc) is 2.72. The summed E-state index contributed by atoms with van der Waals surface area (Å²) in [6, 6.07) is 17.8. The fourth-order valence-electron chi connectivity index (χ4n) is 2.66. The van der Waals surface area contributed by atoms with E-state index in [0.717, 1.165) is 23.8 Å². The minimum absolute atomic E-state index is 0.0757. The SMILES string of the molecule is O=[N+]([O-])c1cccc(OS(=O)(=O)C(F)(F)F)c1-c1ccc(OCc2ccccc2)cc1. The maximum atomic E-state index is 12.7. The third-order valence-electron chi connectivity index (χ3n) is 4.08. The summed E-state index contributed by atoms with van der Waals surface area (Å²) in [5, 5.41) is 11.4. The van der Waals surface area contributed by atoms with Crippen molar-refractivity contribution >= 4 is 15.8 Å². The van der Waals surface area contributed by atoms with E-state index < -0.39 is 37.6 Å². The molecule has 0 aliphatic carbocycles. The number of halogens is 3. The van der Waals surface area contributed by atoms with Crippen molar-refractivity contribution in [2.45, 2.75) is 12.1 Å². The molecule has 162 valence electrons. The summed E-state index contributed by atoms with van der Waals surface area (Å²) in [7, 11) is -6.02. The highest BCUT2D eigenvalue weighted by atomic mass is 32.2. The van der Waals surface area contributed by atoms with Gasteiger partial charge in [-0.1, -0.05) is 48.5 Å². The van der Waals surface area contributed by atoms with Crippen LogP contribution in [0.15, 0.2) is 72.8 Å². The summed E-state index contributed by atoms with van der Waals surface area (Å²) in [5.41, 5.74) is -5.74. The van der Waals surface area contributed by atoms with Crippen molar-refractivity contribution in [3.63, 3.8) is 0 Å². The number of nitro benzene ring substituents is 1. The lowest BCUT2D eigenvalue weighted by molar-refractivity contribution is -0.384. The van der Waals surface area contributed by atoms with Crippen LogP contribution in [0.5, 0.6) is 11.5 Å². The second kappa shape index (κ2) is 8.64. The fraction of sp³-hybridized carbons (Fsp3) is 0.100. The van der Waals surface area contributed by atoms with E-state index in [2.05, 4.69) is 4.18 Å². The molecule has 0 heterocycles. The Morgan fingerprint density at radius 1 is 0.903 bits per heavy atom. The third kappa shape index (κ3) is 5.12. The van der Waals surface area contributed by atoms with Crippen LogP contribution in [0.25, 0.3) is 11.1 Å². The molecule has 7 nitrogen and oxygen atoms in total. The van der Waals surface area contributed by atoms with Gasteiger partial charge in [-0.15, -0.1) is 0 Å². The highest BCUT2D eigenvalue weighted by Crippen LogP contribution is 2.40. The van der Waals surface area contributed by atoms with Gasteiger partial charge in [-0.25, -0.2) is 0 Å². The average molecular weight is 453 g/mol. The predicted molar refractivity (Wildman–Crippen MR) is 105 cm³/mol. The van der Waals surface area contributed by atoms with E-state index in [4.69, 9.17) is 4.74 Å². The molecular formula is C20H14F3NO6S. The molecule has 0 radical (unpaired) electrons. The Morgan fingerprint density at radius 2 is 1.55 bits per heavy atom. The Balaban J connectivity index is 1.94. The number of rotatable bonds is 7. The van der Waals surface area contributed by atoms with Gasteiger partial charge in [-0.3, -0.25) is 10.1 Å². The van der Waals surface area contributed by atoms with Gasteiger partial charge in [0, 0.05) is 6.07 Å². The van der Waals surface area contributed by atoms with Crippen LogP contribution >= 0.6 is 0 Å². The summed E-state index contributed by atoms with van der Waals surface area (Å²) in [6.45, 7) is 0.254. The molecule has 3 aromatic carbocycles. The minimum Gasteiger partial charge on any atom is -0.489 e. The number of benzene rings is 3. The van der Waals surface area contributed by atoms with Gasteiger partial charge in [0.1, 0.15) is 17.9 Å². The van der Waals surface area contributed by atoms with Crippen LogP contribution < -0.4 is 8.92 Å². The van der Waals surface area contributed by atoms with Gasteiger partial charge in [0.2, 0.25) is 0 Å². The molecule has 0 aromatic heterocycles. The van der Waals surface area contributed by atoms with E-state index in [1.54, 1.807) is 0 Å². The van der Waals surface area contributed by atoms with E-state index in [0.29, 0.717) is 5.75 Å². The first-order chi connectivity index (χ1) is 14.6. The second-order valence-electron chi connectivity index (χ2n) is 6.19. The zero-order valence-electron chi connectivity index (χ0n) is 15.6. The van der Waals surface area contributed by atoms with E-state index in [-0.39, 0.29) is 12.2 Å². The normalized spacial score (nSPS) is 11.7. The van der Waals surface area contributed by atoms with Crippen molar-refractivity contribution in [3.8, 4) is 22.6 Å². The maximum absolute atomic E-state index is 12.7. The first-order valence-corrected chi connectivity index (χ1v) is 10.0. The smallest absolute Gasteiger partial charge is 0.489 e. The van der Waals surface area contributed by atoms with Gasteiger partial charge >= 0.3 is 15.6 Å². The second-order valence-corrected chi connectivity index (χ2v) is 7.73. The lowest BCUT2D eigenvalue weighted by atomic mass is 10.0.